The Bertz CT molecular complexity index is 810. The van der Waals surface area contributed by atoms with Crippen LogP contribution in [0.2, 0.25) is 0 Å². The number of imidazole rings is 1. The quantitative estimate of drug-likeness (QED) is 0.880. The van der Waals surface area contributed by atoms with Crippen LogP contribution in [0.5, 0.6) is 0 Å². The zero-order valence-electron chi connectivity index (χ0n) is 14.8. The summed E-state index contributed by atoms with van der Waals surface area (Å²) in [6.45, 7) is 6.26. The number of pyridine rings is 1. The number of ether oxygens (including phenoxy) is 1. The molecule has 1 aliphatic rings. The van der Waals surface area contributed by atoms with E-state index in [0.717, 1.165) is 6.07 Å². The first kappa shape index (κ1) is 18.3. The monoisotopic (exact) mass is 370 g/mol. The molecule has 3 rings (SSSR count). The third-order valence-electron chi connectivity index (χ3n) is 4.05. The number of halogens is 3. The summed E-state index contributed by atoms with van der Waals surface area (Å²) in [5.74, 6) is 0. The van der Waals surface area contributed by atoms with Crippen molar-refractivity contribution in [2.24, 2.45) is 0 Å². The summed E-state index contributed by atoms with van der Waals surface area (Å²) in [7, 11) is 0. The van der Waals surface area contributed by atoms with Crippen molar-refractivity contribution >= 4 is 17.4 Å². The van der Waals surface area contributed by atoms with Crippen LogP contribution in [0.4, 0.5) is 23.7 Å². The number of amides is 1. The summed E-state index contributed by atoms with van der Waals surface area (Å²) in [4.78, 5) is 17.5. The smallest absolute Gasteiger partial charge is 0.420 e. The number of carbonyl (C=O) groups excluding carboxylic acids is 1. The molecule has 0 saturated carbocycles. The van der Waals surface area contributed by atoms with Crippen molar-refractivity contribution in [3.8, 4) is 0 Å². The number of nitrogens with zero attached hydrogens (tertiary/aromatic N) is 3. The molecule has 3 heterocycles. The Labute approximate surface area is 148 Å². The van der Waals surface area contributed by atoms with Crippen LogP contribution in [0.1, 0.15) is 32.8 Å². The fraction of sp³-hybridized carbons (Fsp3) is 0.529. The molecule has 2 aromatic rings. The summed E-state index contributed by atoms with van der Waals surface area (Å²) >= 11 is 0. The number of aromatic nitrogens is 2. The molecule has 1 amide bonds. The maximum atomic E-state index is 13.3. The maximum Gasteiger partial charge on any atom is 0.420 e. The molecule has 1 saturated heterocycles. The fourth-order valence-corrected chi connectivity index (χ4v) is 2.99. The second-order valence-electron chi connectivity index (χ2n) is 7.35. The summed E-state index contributed by atoms with van der Waals surface area (Å²) in [6.07, 6.45) is 0.0588. The molecule has 1 atom stereocenters. The lowest BCUT2D eigenvalue weighted by atomic mass is 10.2. The third kappa shape index (κ3) is 4.03. The van der Waals surface area contributed by atoms with Gasteiger partial charge in [0.05, 0.1) is 11.7 Å². The number of alkyl carbamates (subject to hydrolysis) is 1. The lowest BCUT2D eigenvalue weighted by Gasteiger charge is -2.23. The Kier molecular flexibility index (Phi) is 4.49. The molecule has 0 spiro atoms. The van der Waals surface area contributed by atoms with E-state index in [1.54, 1.807) is 27.0 Å². The van der Waals surface area contributed by atoms with Gasteiger partial charge in [-0.25, -0.2) is 9.78 Å². The topological polar surface area (TPSA) is 58.9 Å². The fourth-order valence-electron chi connectivity index (χ4n) is 2.99. The highest BCUT2D eigenvalue weighted by Crippen LogP contribution is 2.35. The number of rotatable bonds is 2. The van der Waals surface area contributed by atoms with Crippen LogP contribution in [-0.2, 0) is 10.9 Å². The van der Waals surface area contributed by atoms with Crippen LogP contribution >= 0.6 is 0 Å². The standard InChI is InChI=1S/C17H21F3N4O2/c1-16(2,3)26-15(25)22-11-4-6-23(9-11)12-8-13(17(18,19)20)14-21-5-7-24(14)10-12/h5,7-8,10-11H,4,6,9H2,1-3H3,(H,22,25)/t11-/m1/s1. The molecule has 9 heteroatoms. The van der Waals surface area contributed by atoms with Gasteiger partial charge in [0.25, 0.3) is 0 Å². The van der Waals surface area contributed by atoms with Crippen LogP contribution < -0.4 is 10.2 Å². The van der Waals surface area contributed by atoms with Gasteiger partial charge in [0, 0.05) is 31.7 Å². The number of nitrogens with one attached hydrogen (secondary N) is 1. The van der Waals surface area contributed by atoms with Gasteiger partial charge in [0.1, 0.15) is 16.8 Å². The first-order valence-corrected chi connectivity index (χ1v) is 8.31. The molecule has 26 heavy (non-hydrogen) atoms. The van der Waals surface area contributed by atoms with E-state index in [1.807, 2.05) is 4.90 Å². The Hall–Kier alpha value is -2.45. The second kappa shape index (κ2) is 6.37. The minimum absolute atomic E-state index is 0.121. The molecule has 0 unspecified atom stereocenters. The molecular weight excluding hydrogens is 349 g/mol. The van der Waals surface area contributed by atoms with E-state index in [4.69, 9.17) is 4.74 Å². The molecule has 0 bridgehead atoms. The number of anilines is 1. The van der Waals surface area contributed by atoms with Gasteiger partial charge in [-0.3, -0.25) is 0 Å². The van der Waals surface area contributed by atoms with Crippen LogP contribution in [0.3, 0.4) is 0 Å². The highest BCUT2D eigenvalue weighted by atomic mass is 19.4. The van der Waals surface area contributed by atoms with Crippen LogP contribution in [0.15, 0.2) is 24.7 Å². The molecule has 0 radical (unpaired) electrons. The Morgan fingerprint density at radius 3 is 2.73 bits per heavy atom. The molecular formula is C17H21F3N4O2. The lowest BCUT2D eigenvalue weighted by molar-refractivity contribution is -0.136. The third-order valence-corrected chi connectivity index (χ3v) is 4.05. The van der Waals surface area contributed by atoms with Crippen molar-refractivity contribution in [3.63, 3.8) is 0 Å². The average molecular weight is 370 g/mol. The Balaban J connectivity index is 1.76. The van der Waals surface area contributed by atoms with E-state index >= 15 is 0 Å². The van der Waals surface area contributed by atoms with Crippen molar-refractivity contribution in [1.82, 2.24) is 14.7 Å². The van der Waals surface area contributed by atoms with Gasteiger partial charge in [0.2, 0.25) is 0 Å². The first-order valence-electron chi connectivity index (χ1n) is 8.31. The summed E-state index contributed by atoms with van der Waals surface area (Å²) < 4.78 is 46.6. The minimum Gasteiger partial charge on any atom is -0.444 e. The van der Waals surface area contributed by atoms with E-state index in [0.29, 0.717) is 25.2 Å². The van der Waals surface area contributed by atoms with Gasteiger partial charge in [-0.15, -0.1) is 0 Å². The molecule has 6 nitrogen and oxygen atoms in total. The second-order valence-corrected chi connectivity index (χ2v) is 7.35. The number of fused-ring (bicyclic) bond motifs is 1. The zero-order chi connectivity index (χ0) is 19.1. The Morgan fingerprint density at radius 2 is 2.08 bits per heavy atom. The first-order chi connectivity index (χ1) is 12.0. The molecule has 0 aromatic carbocycles. The molecule has 1 fully saturated rings. The summed E-state index contributed by atoms with van der Waals surface area (Å²) in [5.41, 5.74) is -1.06. The molecule has 1 aliphatic heterocycles. The van der Waals surface area contributed by atoms with Crippen molar-refractivity contribution in [2.75, 3.05) is 18.0 Å². The van der Waals surface area contributed by atoms with Gasteiger partial charge in [-0.05, 0) is 33.3 Å². The van der Waals surface area contributed by atoms with Gasteiger partial charge in [0.15, 0.2) is 0 Å². The largest absolute Gasteiger partial charge is 0.444 e. The lowest BCUT2D eigenvalue weighted by Crippen LogP contribution is -2.40. The Morgan fingerprint density at radius 1 is 1.35 bits per heavy atom. The molecule has 0 aliphatic carbocycles. The van der Waals surface area contributed by atoms with Crippen LogP contribution in [0.25, 0.3) is 5.65 Å². The predicted molar refractivity (Wildman–Crippen MR) is 90.2 cm³/mol. The highest BCUT2D eigenvalue weighted by Gasteiger charge is 2.35. The van der Waals surface area contributed by atoms with Gasteiger partial charge < -0.3 is 19.4 Å². The predicted octanol–water partition coefficient (Wildman–Crippen LogP) is 3.46. The zero-order valence-corrected chi connectivity index (χ0v) is 14.8. The van der Waals surface area contributed by atoms with Crippen molar-refractivity contribution in [1.29, 1.82) is 0 Å². The van der Waals surface area contributed by atoms with E-state index in [2.05, 4.69) is 10.3 Å². The number of carbonyl (C=O) groups is 1. The molecule has 1 N–H and O–H groups in total. The summed E-state index contributed by atoms with van der Waals surface area (Å²) in [6, 6.07) is 0.927. The number of hydrogen-bond acceptors (Lipinski definition) is 4. The SMILES string of the molecule is CC(C)(C)OC(=O)N[C@@H]1CCN(c2cc(C(F)(F)F)c3nccn3c2)C1. The van der Waals surface area contributed by atoms with Crippen molar-refractivity contribution < 1.29 is 22.7 Å². The number of hydrogen-bond donors (Lipinski definition) is 1. The van der Waals surface area contributed by atoms with Crippen LogP contribution in [0, 0.1) is 0 Å². The van der Waals surface area contributed by atoms with E-state index in [-0.39, 0.29) is 11.7 Å². The van der Waals surface area contributed by atoms with Crippen molar-refractivity contribution in [2.45, 2.75) is 45.0 Å². The molecule has 142 valence electrons. The van der Waals surface area contributed by atoms with Gasteiger partial charge >= 0.3 is 12.3 Å². The normalized spacial score (nSPS) is 18.4. The van der Waals surface area contributed by atoms with Crippen molar-refractivity contribution in [3.05, 3.63) is 30.2 Å². The maximum absolute atomic E-state index is 13.3. The van der Waals surface area contributed by atoms with Gasteiger partial charge in [-0.2, -0.15) is 13.2 Å². The van der Waals surface area contributed by atoms with E-state index in [1.165, 1.54) is 16.8 Å². The average Bonchev–Trinajstić information content (AvgIpc) is 3.11. The minimum atomic E-state index is -4.49. The number of alkyl halides is 3. The van der Waals surface area contributed by atoms with E-state index in [9.17, 15) is 18.0 Å². The van der Waals surface area contributed by atoms with Gasteiger partial charge in [-0.1, -0.05) is 0 Å². The van der Waals surface area contributed by atoms with E-state index < -0.39 is 23.4 Å². The molecule has 2 aromatic heterocycles. The highest BCUT2D eigenvalue weighted by molar-refractivity contribution is 5.68. The van der Waals surface area contributed by atoms with Crippen LogP contribution in [-0.4, -0.2) is 40.2 Å². The summed E-state index contributed by atoms with van der Waals surface area (Å²) in [5, 5.41) is 2.77.